The molecule has 2 aliphatic rings. The van der Waals surface area contributed by atoms with Crippen LogP contribution in [0.3, 0.4) is 0 Å². The Labute approximate surface area is 199 Å². The molecule has 1 aliphatic carbocycles. The first kappa shape index (κ1) is 23.0. The molecule has 1 heterocycles. The highest BCUT2D eigenvalue weighted by atomic mass is 35.5. The van der Waals surface area contributed by atoms with E-state index in [1.165, 1.54) is 5.56 Å². The second kappa shape index (κ2) is 9.38. The lowest BCUT2D eigenvalue weighted by molar-refractivity contribution is 0.197. The lowest BCUT2D eigenvalue weighted by Gasteiger charge is -2.42. The van der Waals surface area contributed by atoms with E-state index in [4.69, 9.17) is 32.7 Å². The minimum absolute atomic E-state index is 0.0441. The molecular formula is C24H29Cl2N3O3. The first-order chi connectivity index (χ1) is 15.3. The zero-order valence-electron chi connectivity index (χ0n) is 18.6. The number of urea groups is 1. The van der Waals surface area contributed by atoms with Gasteiger partial charge in [0.2, 0.25) is 0 Å². The van der Waals surface area contributed by atoms with E-state index in [1.54, 1.807) is 32.4 Å². The van der Waals surface area contributed by atoms with Gasteiger partial charge in [0.25, 0.3) is 0 Å². The summed E-state index contributed by atoms with van der Waals surface area (Å²) in [6.45, 7) is 1.99. The molecule has 8 heteroatoms. The number of carbonyl (C=O) groups excluding carboxylic acids is 1. The molecule has 0 unspecified atom stereocenters. The van der Waals surface area contributed by atoms with Gasteiger partial charge in [0.1, 0.15) is 0 Å². The van der Waals surface area contributed by atoms with Crippen molar-refractivity contribution < 1.29 is 14.3 Å². The van der Waals surface area contributed by atoms with Gasteiger partial charge in [-0.05, 0) is 68.1 Å². The number of ether oxygens (including phenoxy) is 2. The van der Waals surface area contributed by atoms with E-state index in [0.29, 0.717) is 21.7 Å². The van der Waals surface area contributed by atoms with E-state index in [9.17, 15) is 4.79 Å². The number of amides is 2. The molecule has 32 heavy (non-hydrogen) atoms. The number of nitrogens with one attached hydrogen (secondary N) is 2. The average molecular weight is 478 g/mol. The number of hydrogen-bond acceptors (Lipinski definition) is 4. The lowest BCUT2D eigenvalue weighted by atomic mass is 9.63. The molecule has 2 fully saturated rings. The van der Waals surface area contributed by atoms with Crippen LogP contribution in [0.1, 0.15) is 24.8 Å². The van der Waals surface area contributed by atoms with Gasteiger partial charge in [-0.3, -0.25) is 0 Å². The van der Waals surface area contributed by atoms with Crippen LogP contribution in [-0.4, -0.2) is 51.3 Å². The minimum atomic E-state index is -0.246. The number of carbonyl (C=O) groups is 1. The smallest absolute Gasteiger partial charge is 0.319 e. The number of halogens is 2. The summed E-state index contributed by atoms with van der Waals surface area (Å²) in [4.78, 5) is 15.0. The van der Waals surface area contributed by atoms with Gasteiger partial charge in [-0.2, -0.15) is 0 Å². The Hall–Kier alpha value is -2.15. The van der Waals surface area contributed by atoms with Crippen LogP contribution in [0.15, 0.2) is 36.4 Å². The summed E-state index contributed by atoms with van der Waals surface area (Å²) in [6, 6.07) is 11.2. The Balaban J connectivity index is 1.47. The summed E-state index contributed by atoms with van der Waals surface area (Å²) in [5.74, 6) is 1.93. The Bertz CT molecular complexity index is 1000. The van der Waals surface area contributed by atoms with Crippen LogP contribution in [0, 0.1) is 5.92 Å². The Kier molecular flexibility index (Phi) is 6.75. The quantitative estimate of drug-likeness (QED) is 0.622. The summed E-state index contributed by atoms with van der Waals surface area (Å²) < 4.78 is 11.0. The predicted molar refractivity (Wildman–Crippen MR) is 128 cm³/mol. The van der Waals surface area contributed by atoms with E-state index in [2.05, 4.69) is 34.7 Å². The maximum absolute atomic E-state index is 12.6. The largest absolute Gasteiger partial charge is 0.493 e. The molecule has 6 nitrogen and oxygen atoms in total. The molecule has 0 radical (unpaired) electrons. The summed E-state index contributed by atoms with van der Waals surface area (Å²) in [5.41, 5.74) is 1.87. The van der Waals surface area contributed by atoms with Crippen molar-refractivity contribution in [2.45, 2.75) is 30.7 Å². The number of benzene rings is 2. The molecule has 0 aromatic heterocycles. The molecule has 0 bridgehead atoms. The molecule has 4 rings (SSSR count). The number of methoxy groups -OCH3 is 2. The highest BCUT2D eigenvalue weighted by Crippen LogP contribution is 2.49. The Morgan fingerprint density at radius 2 is 1.91 bits per heavy atom. The number of fused-ring (bicyclic) bond motifs is 1. The summed E-state index contributed by atoms with van der Waals surface area (Å²) in [7, 11) is 5.49. The molecule has 3 atom stereocenters. The van der Waals surface area contributed by atoms with Gasteiger partial charge in [0.15, 0.2) is 11.5 Å². The highest BCUT2D eigenvalue weighted by Gasteiger charge is 2.50. The Morgan fingerprint density at radius 3 is 2.62 bits per heavy atom. The van der Waals surface area contributed by atoms with Crippen molar-refractivity contribution in [2.75, 3.05) is 39.7 Å². The maximum atomic E-state index is 12.6. The van der Waals surface area contributed by atoms with Crippen LogP contribution in [0.5, 0.6) is 11.5 Å². The monoisotopic (exact) mass is 477 g/mol. The van der Waals surface area contributed by atoms with Crippen molar-refractivity contribution in [1.29, 1.82) is 0 Å². The van der Waals surface area contributed by atoms with Gasteiger partial charge >= 0.3 is 6.03 Å². The van der Waals surface area contributed by atoms with Crippen LogP contribution >= 0.6 is 23.2 Å². The Morgan fingerprint density at radius 1 is 1.12 bits per heavy atom. The van der Waals surface area contributed by atoms with E-state index < -0.39 is 0 Å². The number of likely N-dealkylation sites (N-methyl/N-ethyl adjacent to an activating group) is 1. The van der Waals surface area contributed by atoms with E-state index >= 15 is 0 Å². The fraction of sp³-hybridized carbons (Fsp3) is 0.458. The molecule has 2 amide bonds. The van der Waals surface area contributed by atoms with Crippen molar-refractivity contribution in [3.63, 3.8) is 0 Å². The lowest BCUT2D eigenvalue weighted by Crippen LogP contribution is -2.48. The number of rotatable bonds is 5. The minimum Gasteiger partial charge on any atom is -0.493 e. The van der Waals surface area contributed by atoms with Crippen LogP contribution < -0.4 is 20.1 Å². The second-order valence-corrected chi connectivity index (χ2v) is 9.66. The van der Waals surface area contributed by atoms with Gasteiger partial charge in [-0.1, -0.05) is 29.3 Å². The number of likely N-dealkylation sites (tertiary alicyclic amines) is 1. The van der Waals surface area contributed by atoms with Gasteiger partial charge < -0.3 is 25.0 Å². The molecule has 2 aromatic carbocycles. The first-order valence-corrected chi connectivity index (χ1v) is 11.5. The molecule has 172 valence electrons. The van der Waals surface area contributed by atoms with Crippen molar-refractivity contribution in [1.82, 2.24) is 10.2 Å². The fourth-order valence-electron chi connectivity index (χ4n) is 5.39. The van der Waals surface area contributed by atoms with Crippen molar-refractivity contribution in [3.05, 3.63) is 52.0 Å². The number of hydrogen-bond donors (Lipinski definition) is 2. The van der Waals surface area contributed by atoms with Crippen LogP contribution in [-0.2, 0) is 5.41 Å². The van der Waals surface area contributed by atoms with E-state index in [1.807, 2.05) is 6.07 Å². The number of anilines is 1. The van der Waals surface area contributed by atoms with Gasteiger partial charge in [0.05, 0.1) is 24.9 Å². The van der Waals surface area contributed by atoms with E-state index in [0.717, 1.165) is 43.9 Å². The molecule has 0 spiro atoms. The fourth-order valence-corrected chi connectivity index (χ4v) is 5.84. The van der Waals surface area contributed by atoms with Crippen LogP contribution in [0.2, 0.25) is 10.0 Å². The number of nitrogens with zero attached hydrogens (tertiary/aromatic N) is 1. The van der Waals surface area contributed by atoms with Gasteiger partial charge in [-0.25, -0.2) is 4.79 Å². The summed E-state index contributed by atoms with van der Waals surface area (Å²) >= 11 is 12.1. The highest BCUT2D eigenvalue weighted by molar-refractivity contribution is 6.36. The zero-order chi connectivity index (χ0) is 22.9. The topological polar surface area (TPSA) is 62.8 Å². The molecule has 2 aromatic rings. The summed E-state index contributed by atoms with van der Waals surface area (Å²) in [6.07, 6.45) is 2.81. The molecule has 1 saturated heterocycles. The van der Waals surface area contributed by atoms with Gasteiger partial charge in [-0.15, -0.1) is 0 Å². The zero-order valence-corrected chi connectivity index (χ0v) is 20.1. The molecular weight excluding hydrogens is 449 g/mol. The predicted octanol–water partition coefficient (Wildman–Crippen LogP) is 5.18. The van der Waals surface area contributed by atoms with Crippen LogP contribution in [0.25, 0.3) is 0 Å². The molecule has 2 N–H and O–H groups in total. The third-order valence-corrected chi connectivity index (χ3v) is 7.39. The third kappa shape index (κ3) is 4.49. The van der Waals surface area contributed by atoms with Crippen LogP contribution in [0.4, 0.5) is 10.5 Å². The average Bonchev–Trinajstić information content (AvgIpc) is 3.11. The third-order valence-electron chi connectivity index (χ3n) is 6.85. The van der Waals surface area contributed by atoms with Crippen molar-refractivity contribution >= 4 is 34.9 Å². The SMILES string of the molecule is COc1ccc([C@]23CC[C@H](NC(=O)Nc4ccc(Cl)cc4Cl)C[C@@H]2CN(C)C3)cc1OC. The standard InChI is InChI=1S/C24H29Cl2N3O3/c1-29-13-16-10-18(27-23(30)28-20-6-5-17(25)12-19(20)26)8-9-24(16,14-29)15-4-7-21(31-2)22(11-15)32-3/h4-7,11-12,16,18H,8-10,13-14H2,1-3H3,(H2,27,28,30)/t16-,18+,24-/m1/s1. The maximum Gasteiger partial charge on any atom is 0.319 e. The second-order valence-electron chi connectivity index (χ2n) is 8.81. The molecule has 1 aliphatic heterocycles. The van der Waals surface area contributed by atoms with Crippen molar-refractivity contribution in [2.24, 2.45) is 5.92 Å². The molecule has 1 saturated carbocycles. The van der Waals surface area contributed by atoms with E-state index in [-0.39, 0.29) is 17.5 Å². The van der Waals surface area contributed by atoms with Gasteiger partial charge in [0, 0.05) is 29.6 Å². The van der Waals surface area contributed by atoms with Crippen molar-refractivity contribution in [3.8, 4) is 11.5 Å². The summed E-state index contributed by atoms with van der Waals surface area (Å²) in [5, 5.41) is 6.93. The first-order valence-electron chi connectivity index (χ1n) is 10.8. The normalized spacial score (nSPS) is 25.2.